The molecule has 0 fully saturated rings. The lowest BCUT2D eigenvalue weighted by atomic mass is 10.1. The second-order valence-electron chi connectivity index (χ2n) is 2.76. The summed E-state index contributed by atoms with van der Waals surface area (Å²) in [4.78, 5) is 3.26. The Morgan fingerprint density at radius 2 is 2.36 bits per heavy atom. The highest BCUT2D eigenvalue weighted by atomic mass is 16.5. The maximum atomic E-state index is 5.38. The van der Waals surface area contributed by atoms with Crippen LogP contribution in [0.15, 0.2) is 24.0 Å². The summed E-state index contributed by atoms with van der Waals surface area (Å²) in [5.74, 6) is 1.01. The Hall–Kier alpha value is -1.44. The van der Waals surface area contributed by atoms with E-state index in [4.69, 9.17) is 4.74 Å². The van der Waals surface area contributed by atoms with Gasteiger partial charge in [0, 0.05) is 23.0 Å². The molecule has 2 aliphatic heterocycles. The quantitative estimate of drug-likeness (QED) is 0.591. The van der Waals surface area contributed by atoms with E-state index in [1.54, 1.807) is 0 Å². The molecule has 0 aliphatic carbocycles. The van der Waals surface area contributed by atoms with Gasteiger partial charge in [-0.2, -0.15) is 0 Å². The van der Waals surface area contributed by atoms with E-state index in [9.17, 15) is 0 Å². The van der Waals surface area contributed by atoms with Crippen molar-refractivity contribution >= 4 is 11.6 Å². The number of fused-ring (bicyclic) bond motifs is 4. The van der Waals surface area contributed by atoms with Gasteiger partial charge >= 0.3 is 0 Å². The Morgan fingerprint density at radius 1 is 1.36 bits per heavy atom. The number of hydrogen-bond donors (Lipinski definition) is 1. The number of aromatic nitrogens is 1. The number of H-pyrrole nitrogens is 1. The van der Waals surface area contributed by atoms with Gasteiger partial charge in [-0.3, -0.25) is 0 Å². The van der Waals surface area contributed by atoms with Crippen LogP contribution in [0.5, 0.6) is 0 Å². The van der Waals surface area contributed by atoms with Crippen molar-refractivity contribution in [2.45, 2.75) is 0 Å². The molecule has 0 radical (unpaired) electrons. The normalized spacial score (nSPS) is 18.5. The molecule has 0 spiro atoms. The first-order valence-electron chi connectivity index (χ1n) is 3.68. The minimum Gasteiger partial charge on any atom is -0.489 e. The van der Waals surface area contributed by atoms with Gasteiger partial charge < -0.3 is 9.72 Å². The molecule has 0 atom stereocenters. The smallest absolute Gasteiger partial charge is 0.130 e. The Morgan fingerprint density at radius 3 is 3.36 bits per heavy atom. The standard InChI is InChI=1S/C9H7NO/c1-2-8-7-3-4-11-9(7)5-6(1)10-8/h1-3,5,10H,4H2. The number of nitrogens with one attached hydrogen (secondary N) is 1. The Kier molecular flexibility index (Phi) is 0.756. The summed E-state index contributed by atoms with van der Waals surface area (Å²) in [6.07, 6.45) is 4.13. The van der Waals surface area contributed by atoms with E-state index < -0.39 is 0 Å². The molecule has 2 nitrogen and oxygen atoms in total. The third-order valence-electron chi connectivity index (χ3n) is 2.08. The van der Waals surface area contributed by atoms with Crippen LogP contribution in [0.25, 0.3) is 11.6 Å². The molecule has 0 saturated carbocycles. The lowest BCUT2D eigenvalue weighted by Gasteiger charge is -2.06. The minimum atomic E-state index is 0.716. The molecule has 0 unspecified atom stereocenters. The summed E-state index contributed by atoms with van der Waals surface area (Å²) in [6.45, 7) is 0.716. The molecule has 11 heavy (non-hydrogen) atoms. The predicted octanol–water partition coefficient (Wildman–Crippen LogP) is 1.78. The molecular formula is C9H7NO. The SMILES string of the molecule is C1=C2OCC=C2c2ccc1[nH]2. The lowest BCUT2D eigenvalue weighted by Crippen LogP contribution is -1.92. The van der Waals surface area contributed by atoms with Crippen LogP contribution in [-0.4, -0.2) is 11.6 Å². The summed E-state index contributed by atoms with van der Waals surface area (Å²) in [7, 11) is 0. The van der Waals surface area contributed by atoms with Crippen molar-refractivity contribution < 1.29 is 4.74 Å². The zero-order valence-corrected chi connectivity index (χ0v) is 5.92. The van der Waals surface area contributed by atoms with Crippen LogP contribution in [0.1, 0.15) is 11.4 Å². The number of aromatic amines is 1. The molecule has 0 aromatic carbocycles. The largest absolute Gasteiger partial charge is 0.489 e. The fourth-order valence-electron chi connectivity index (χ4n) is 1.55. The average Bonchev–Trinajstić information content (AvgIpc) is 2.58. The zero-order chi connectivity index (χ0) is 7.26. The molecule has 0 amide bonds. The highest BCUT2D eigenvalue weighted by Gasteiger charge is 2.19. The molecule has 2 aliphatic rings. The molecule has 3 rings (SSSR count). The lowest BCUT2D eigenvalue weighted by molar-refractivity contribution is 0.283. The fourth-order valence-corrected chi connectivity index (χ4v) is 1.55. The molecule has 1 N–H and O–H groups in total. The molecule has 1 aromatic rings. The topological polar surface area (TPSA) is 25.0 Å². The fraction of sp³-hybridized carbons (Fsp3) is 0.111. The van der Waals surface area contributed by atoms with E-state index in [2.05, 4.69) is 23.2 Å². The third kappa shape index (κ3) is 0.564. The van der Waals surface area contributed by atoms with E-state index in [-0.39, 0.29) is 0 Å². The van der Waals surface area contributed by atoms with Crippen LogP contribution >= 0.6 is 0 Å². The highest BCUT2D eigenvalue weighted by molar-refractivity contribution is 5.85. The van der Waals surface area contributed by atoms with Crippen LogP contribution in [0.2, 0.25) is 0 Å². The van der Waals surface area contributed by atoms with Crippen molar-refractivity contribution in [2.75, 3.05) is 6.61 Å². The van der Waals surface area contributed by atoms with E-state index in [0.717, 1.165) is 11.5 Å². The van der Waals surface area contributed by atoms with E-state index in [0.29, 0.717) is 6.61 Å². The first-order valence-corrected chi connectivity index (χ1v) is 3.68. The molecular weight excluding hydrogens is 138 g/mol. The van der Waals surface area contributed by atoms with Crippen molar-refractivity contribution in [1.82, 2.24) is 4.98 Å². The van der Waals surface area contributed by atoms with Crippen molar-refractivity contribution in [3.63, 3.8) is 0 Å². The van der Waals surface area contributed by atoms with Crippen molar-refractivity contribution in [2.24, 2.45) is 0 Å². The summed E-state index contributed by atoms with van der Waals surface area (Å²) >= 11 is 0. The monoisotopic (exact) mass is 145 g/mol. The highest BCUT2D eigenvalue weighted by Crippen LogP contribution is 2.33. The second kappa shape index (κ2) is 1.59. The van der Waals surface area contributed by atoms with Crippen LogP contribution in [0, 0.1) is 0 Å². The average molecular weight is 145 g/mol. The number of hydrogen-bond acceptors (Lipinski definition) is 1. The summed E-state index contributed by atoms with van der Waals surface area (Å²) in [6, 6.07) is 4.14. The Labute approximate surface area is 64.2 Å². The predicted molar refractivity (Wildman–Crippen MR) is 42.7 cm³/mol. The van der Waals surface area contributed by atoms with Gasteiger partial charge in [-0.1, -0.05) is 0 Å². The van der Waals surface area contributed by atoms with Gasteiger partial charge in [-0.05, 0) is 18.2 Å². The van der Waals surface area contributed by atoms with Crippen LogP contribution in [0.3, 0.4) is 0 Å². The third-order valence-corrected chi connectivity index (χ3v) is 2.08. The van der Waals surface area contributed by atoms with Crippen LogP contribution in [0.4, 0.5) is 0 Å². The van der Waals surface area contributed by atoms with E-state index in [1.807, 2.05) is 6.08 Å². The van der Waals surface area contributed by atoms with Crippen LogP contribution in [-0.2, 0) is 4.74 Å². The maximum absolute atomic E-state index is 5.38. The first kappa shape index (κ1) is 5.24. The van der Waals surface area contributed by atoms with Crippen molar-refractivity contribution in [3.8, 4) is 0 Å². The zero-order valence-electron chi connectivity index (χ0n) is 5.92. The summed E-state index contributed by atoms with van der Waals surface area (Å²) in [5, 5.41) is 0. The van der Waals surface area contributed by atoms with Gasteiger partial charge in [0.25, 0.3) is 0 Å². The maximum Gasteiger partial charge on any atom is 0.130 e. The molecule has 2 bridgehead atoms. The minimum absolute atomic E-state index is 0.716. The molecule has 0 saturated heterocycles. The Bertz CT molecular complexity index is 371. The number of rotatable bonds is 0. The summed E-state index contributed by atoms with van der Waals surface area (Å²) < 4.78 is 5.38. The number of allylic oxidation sites excluding steroid dienone is 1. The van der Waals surface area contributed by atoms with Crippen LogP contribution < -0.4 is 0 Å². The van der Waals surface area contributed by atoms with Gasteiger partial charge in [0.2, 0.25) is 0 Å². The van der Waals surface area contributed by atoms with Gasteiger partial charge in [-0.25, -0.2) is 0 Å². The van der Waals surface area contributed by atoms with Gasteiger partial charge in [0.1, 0.15) is 12.4 Å². The molecule has 3 heterocycles. The summed E-state index contributed by atoms with van der Waals surface area (Å²) in [5.41, 5.74) is 3.52. The van der Waals surface area contributed by atoms with Crippen molar-refractivity contribution in [1.29, 1.82) is 0 Å². The van der Waals surface area contributed by atoms with Gasteiger partial charge in [0.05, 0.1) is 0 Å². The van der Waals surface area contributed by atoms with E-state index in [1.165, 1.54) is 11.3 Å². The molecule has 2 heteroatoms. The van der Waals surface area contributed by atoms with E-state index >= 15 is 0 Å². The Balaban J connectivity index is 2.33. The molecule has 54 valence electrons. The number of ether oxygens (including phenoxy) is 1. The van der Waals surface area contributed by atoms with Crippen molar-refractivity contribution in [3.05, 3.63) is 35.4 Å². The second-order valence-corrected chi connectivity index (χ2v) is 2.76. The van der Waals surface area contributed by atoms with Gasteiger partial charge in [0.15, 0.2) is 0 Å². The van der Waals surface area contributed by atoms with Gasteiger partial charge in [-0.15, -0.1) is 0 Å². The first-order chi connectivity index (χ1) is 5.43. The molecule has 1 aromatic heterocycles.